The quantitative estimate of drug-likeness (QED) is 0.323. The lowest BCUT2D eigenvalue weighted by Gasteiger charge is -2.36. The average Bonchev–Trinajstić information content (AvgIpc) is 3.97. The first-order valence-electron chi connectivity index (χ1n) is 20.3. The second-order valence-corrected chi connectivity index (χ2v) is 20.6. The smallest absolute Gasteiger partial charge is 0.408 e. The number of rotatable bonds is 4. The molecule has 1 aromatic heterocycles. The number of nitrogens with one attached hydrogen (secondary N) is 4. The zero-order valence-corrected chi connectivity index (χ0v) is 35.9. The number of fused-ring (bicyclic) bond motifs is 3. The van der Waals surface area contributed by atoms with Gasteiger partial charge in [0.2, 0.25) is 21.8 Å². The molecular weight excluding hydrogens is 767 g/mol. The van der Waals surface area contributed by atoms with Crippen molar-refractivity contribution in [3.63, 3.8) is 0 Å². The Morgan fingerprint density at radius 1 is 1.09 bits per heavy atom. The molecule has 5 amide bonds. The maximum atomic E-state index is 14.7. The predicted octanol–water partition coefficient (Wildman–Crippen LogP) is 4.25. The highest BCUT2D eigenvalue weighted by Gasteiger charge is 2.64. The predicted molar refractivity (Wildman–Crippen MR) is 216 cm³/mol. The molecule has 1 saturated heterocycles. The molecule has 5 atom stereocenters. The van der Waals surface area contributed by atoms with E-state index in [1.54, 1.807) is 59.8 Å². The standard InChI is InChI=1S/C41H59N7O9S/c1-10-25-22-41(25)35(52)46-58(54,55)40(18-19-40)17-12-11-13-20-42-32(49)27-15-14-16-28-30(27)43-36(48(28)24(2)3)56-26-21-29(33(50)45-41)47(23-26)34(51)31(38(4,5)6)44-37(53)57-39(7,8)9/h11-12,14-16,24-26,29,31H,10,13,17-23H2,1-9H3,(H,42,49)(H,44,53)(H,45,50)(H,46,52)/b12-11+/t25-,26-,29+,31-,41-/m1/s1. The summed E-state index contributed by atoms with van der Waals surface area (Å²) in [5.74, 6) is -2.72. The molecule has 318 valence electrons. The van der Waals surface area contributed by atoms with Crippen LogP contribution in [-0.2, 0) is 29.1 Å². The van der Waals surface area contributed by atoms with Crippen molar-refractivity contribution in [1.29, 1.82) is 0 Å². The van der Waals surface area contributed by atoms with E-state index in [0.29, 0.717) is 48.8 Å². The van der Waals surface area contributed by atoms with Gasteiger partial charge in [-0.15, -0.1) is 0 Å². The summed E-state index contributed by atoms with van der Waals surface area (Å²) in [6, 6.07) is 3.00. The number of hydrogen-bond acceptors (Lipinski definition) is 10. The summed E-state index contributed by atoms with van der Waals surface area (Å²) in [5, 5.41) is 8.55. The van der Waals surface area contributed by atoms with Crippen LogP contribution in [0.4, 0.5) is 4.79 Å². The average molecular weight is 826 g/mol. The molecule has 4 aliphatic rings. The number of imidazole rings is 1. The van der Waals surface area contributed by atoms with Crippen LogP contribution < -0.4 is 25.4 Å². The zero-order chi connectivity index (χ0) is 42.6. The van der Waals surface area contributed by atoms with Crippen molar-refractivity contribution >= 4 is 50.8 Å². The molecule has 2 aliphatic heterocycles. The zero-order valence-electron chi connectivity index (χ0n) is 35.1. The van der Waals surface area contributed by atoms with Gasteiger partial charge in [-0.3, -0.25) is 28.5 Å². The molecular formula is C41H59N7O9S. The lowest BCUT2D eigenvalue weighted by molar-refractivity contribution is -0.143. The van der Waals surface area contributed by atoms with E-state index in [4.69, 9.17) is 14.5 Å². The second-order valence-electron chi connectivity index (χ2n) is 18.6. The van der Waals surface area contributed by atoms with Gasteiger partial charge in [0.15, 0.2) is 0 Å². The number of nitrogens with zero attached hydrogens (tertiary/aromatic N) is 3. The van der Waals surface area contributed by atoms with Gasteiger partial charge in [0.25, 0.3) is 17.8 Å². The van der Waals surface area contributed by atoms with Crippen molar-refractivity contribution in [2.45, 2.75) is 147 Å². The Bertz CT molecular complexity index is 2110. The van der Waals surface area contributed by atoms with Gasteiger partial charge < -0.3 is 30.3 Å². The Hall–Kier alpha value is -4.67. The molecule has 3 fully saturated rings. The molecule has 6 rings (SSSR count). The van der Waals surface area contributed by atoms with Crippen LogP contribution in [0.5, 0.6) is 6.01 Å². The van der Waals surface area contributed by atoms with Crippen molar-refractivity contribution in [2.24, 2.45) is 11.3 Å². The van der Waals surface area contributed by atoms with E-state index >= 15 is 0 Å². The van der Waals surface area contributed by atoms with Crippen LogP contribution in [0.3, 0.4) is 0 Å². The molecule has 0 unspecified atom stereocenters. The summed E-state index contributed by atoms with van der Waals surface area (Å²) in [7, 11) is -4.15. The molecule has 1 aromatic carbocycles. The van der Waals surface area contributed by atoms with Gasteiger partial charge in [-0.05, 0) is 90.2 Å². The minimum absolute atomic E-state index is 0.0161. The third kappa shape index (κ3) is 8.55. The van der Waals surface area contributed by atoms with Gasteiger partial charge in [0, 0.05) is 19.0 Å². The number of ether oxygens (including phenoxy) is 2. The van der Waals surface area contributed by atoms with Gasteiger partial charge in [0.1, 0.15) is 34.8 Å². The summed E-state index contributed by atoms with van der Waals surface area (Å²) >= 11 is 0. The molecule has 16 nitrogen and oxygen atoms in total. The first kappa shape index (κ1) is 42.9. The Labute approximate surface area is 340 Å². The van der Waals surface area contributed by atoms with Crippen molar-refractivity contribution < 1.29 is 41.9 Å². The van der Waals surface area contributed by atoms with E-state index in [2.05, 4.69) is 20.7 Å². The van der Waals surface area contributed by atoms with Gasteiger partial charge in [0.05, 0.1) is 22.4 Å². The first-order valence-corrected chi connectivity index (χ1v) is 21.8. The number of amides is 5. The number of benzene rings is 1. The summed E-state index contributed by atoms with van der Waals surface area (Å²) in [4.78, 5) is 76.1. The van der Waals surface area contributed by atoms with Crippen LogP contribution in [0, 0.1) is 11.3 Å². The fraction of sp³-hybridized carbons (Fsp3) is 0.659. The van der Waals surface area contributed by atoms with Crippen LogP contribution >= 0.6 is 0 Å². The van der Waals surface area contributed by atoms with Crippen LogP contribution in [-0.4, -0.2) is 99.8 Å². The molecule has 58 heavy (non-hydrogen) atoms. The number of alkyl carbamates (subject to hydrolysis) is 1. The number of likely N-dealkylation sites (tertiary alicyclic amines) is 1. The van der Waals surface area contributed by atoms with Crippen molar-refractivity contribution in [3.05, 3.63) is 35.9 Å². The fourth-order valence-corrected chi connectivity index (χ4v) is 9.66. The summed E-state index contributed by atoms with van der Waals surface area (Å²) in [5.41, 5.74) is -1.77. The van der Waals surface area contributed by atoms with E-state index in [1.807, 2.05) is 37.5 Å². The topological polar surface area (TPSA) is 207 Å². The first-order chi connectivity index (χ1) is 27.0. The van der Waals surface area contributed by atoms with Crippen LogP contribution in [0.25, 0.3) is 11.0 Å². The number of allylic oxidation sites excluding steroid dienone is 1. The normalized spacial score (nSPS) is 27.2. The number of aromatic nitrogens is 2. The summed E-state index contributed by atoms with van der Waals surface area (Å²) in [6.07, 6.45) is 4.06. The van der Waals surface area contributed by atoms with Crippen molar-refractivity contribution in [2.75, 3.05) is 13.1 Å². The molecule has 4 N–H and O–H groups in total. The molecule has 0 radical (unpaired) electrons. The SMILES string of the molecule is CC[C@@H]1C[C@@]12NC(=O)[C@@H]1C[C@H](CN1C(=O)[C@@H](NC(=O)OC(C)(C)C)C(C)(C)C)Oc1nc3c(cccc3n1C(C)C)C(=O)NCC/C=C/CC1(CC1)S(=O)(=O)NC2=O. The van der Waals surface area contributed by atoms with Gasteiger partial charge >= 0.3 is 6.09 Å². The van der Waals surface area contributed by atoms with E-state index < -0.39 is 73.3 Å². The number of carbonyl (C=O) groups is 5. The Morgan fingerprint density at radius 3 is 2.40 bits per heavy atom. The number of para-hydroxylation sites is 1. The van der Waals surface area contributed by atoms with E-state index in [-0.39, 0.29) is 49.7 Å². The van der Waals surface area contributed by atoms with Gasteiger partial charge in [-0.1, -0.05) is 52.3 Å². The molecule has 2 spiro atoms. The largest absolute Gasteiger partial charge is 0.459 e. The molecule has 2 saturated carbocycles. The maximum Gasteiger partial charge on any atom is 0.408 e. The fourth-order valence-electron chi connectivity index (χ4n) is 8.06. The van der Waals surface area contributed by atoms with E-state index in [9.17, 15) is 32.4 Å². The van der Waals surface area contributed by atoms with Crippen LogP contribution in [0.15, 0.2) is 30.4 Å². The maximum absolute atomic E-state index is 14.7. The monoisotopic (exact) mass is 825 g/mol. The number of hydrogen-bond donors (Lipinski definition) is 4. The highest BCUT2D eigenvalue weighted by Crippen LogP contribution is 2.49. The third-order valence-electron chi connectivity index (χ3n) is 11.6. The molecule has 3 heterocycles. The molecule has 17 heteroatoms. The van der Waals surface area contributed by atoms with Gasteiger partial charge in [-0.25, -0.2) is 13.2 Å². The minimum Gasteiger partial charge on any atom is -0.459 e. The minimum atomic E-state index is -4.15. The van der Waals surface area contributed by atoms with Gasteiger partial charge in [-0.2, -0.15) is 4.98 Å². The molecule has 2 aromatic rings. The summed E-state index contributed by atoms with van der Waals surface area (Å²) in [6.45, 7) is 16.4. The molecule has 2 aliphatic carbocycles. The van der Waals surface area contributed by atoms with E-state index in [1.165, 1.54) is 4.90 Å². The van der Waals surface area contributed by atoms with Crippen molar-refractivity contribution in [3.8, 4) is 6.01 Å². The highest BCUT2D eigenvalue weighted by molar-refractivity contribution is 7.91. The summed E-state index contributed by atoms with van der Waals surface area (Å²) < 4.78 is 42.6. The van der Waals surface area contributed by atoms with E-state index in [0.717, 1.165) is 0 Å². The number of sulfonamides is 1. The lowest BCUT2D eigenvalue weighted by atomic mass is 9.85. The number of carbonyl (C=O) groups excluding carboxylic acids is 5. The van der Waals surface area contributed by atoms with Crippen molar-refractivity contribution in [1.82, 2.24) is 35.1 Å². The highest BCUT2D eigenvalue weighted by atomic mass is 32.2. The lowest BCUT2D eigenvalue weighted by Crippen LogP contribution is -2.60. The Morgan fingerprint density at radius 2 is 1.79 bits per heavy atom. The Balaban J connectivity index is 1.41. The van der Waals surface area contributed by atoms with Crippen LogP contribution in [0.1, 0.15) is 124 Å². The third-order valence-corrected chi connectivity index (χ3v) is 13.7. The Kier molecular flexibility index (Phi) is 11.5. The molecule has 4 bridgehead atoms. The van der Waals surface area contributed by atoms with Crippen LogP contribution in [0.2, 0.25) is 0 Å². The second kappa shape index (κ2) is 15.5.